The van der Waals surface area contributed by atoms with Crippen molar-refractivity contribution in [3.05, 3.63) is 65.3 Å². The van der Waals surface area contributed by atoms with E-state index in [1.54, 1.807) is 21.9 Å². The van der Waals surface area contributed by atoms with Crippen molar-refractivity contribution in [3.8, 4) is 10.6 Å². The fourth-order valence-corrected chi connectivity index (χ4v) is 3.71. The van der Waals surface area contributed by atoms with Crippen LogP contribution < -0.4 is 0 Å². The number of aromatic nitrogens is 4. The van der Waals surface area contributed by atoms with Crippen LogP contribution >= 0.6 is 23.1 Å². The number of benzene rings is 1. The molecule has 0 unspecified atom stereocenters. The molecule has 0 aliphatic rings. The quantitative estimate of drug-likeness (QED) is 0.519. The van der Waals surface area contributed by atoms with Crippen LogP contribution in [-0.2, 0) is 5.75 Å². The van der Waals surface area contributed by atoms with Crippen molar-refractivity contribution < 1.29 is 4.39 Å². The predicted octanol–water partition coefficient (Wildman–Crippen LogP) is 4.28. The second-order valence-electron chi connectivity index (χ2n) is 4.87. The zero-order valence-corrected chi connectivity index (χ0v) is 13.5. The van der Waals surface area contributed by atoms with Crippen LogP contribution in [0, 0.1) is 5.82 Å². The van der Waals surface area contributed by atoms with E-state index < -0.39 is 0 Å². The average molecular weight is 342 g/mol. The van der Waals surface area contributed by atoms with Crippen molar-refractivity contribution in [2.24, 2.45) is 0 Å². The summed E-state index contributed by atoms with van der Waals surface area (Å²) in [4.78, 5) is 1.10. The highest BCUT2D eigenvalue weighted by molar-refractivity contribution is 7.98. The first-order valence-electron chi connectivity index (χ1n) is 6.93. The lowest BCUT2D eigenvalue weighted by Gasteiger charge is -2.02. The van der Waals surface area contributed by atoms with Gasteiger partial charge in [0.05, 0.1) is 4.88 Å². The largest absolute Gasteiger partial charge is 0.212 e. The Labute approximate surface area is 140 Å². The standard InChI is InChI=1S/C16H11FN4S2/c17-12-4-1-3-11(9-12)10-23-16-19-18-15-7-6-13(20-21(15)16)14-5-2-8-22-14/h1-9H,10H2. The van der Waals surface area contributed by atoms with Gasteiger partial charge in [-0.15, -0.1) is 21.5 Å². The molecule has 4 rings (SSSR count). The van der Waals surface area contributed by atoms with Crippen LogP contribution in [0.5, 0.6) is 0 Å². The Hall–Kier alpha value is -2.25. The van der Waals surface area contributed by atoms with Crippen LogP contribution in [0.2, 0.25) is 0 Å². The van der Waals surface area contributed by atoms with Gasteiger partial charge >= 0.3 is 0 Å². The molecule has 0 radical (unpaired) electrons. The van der Waals surface area contributed by atoms with Gasteiger partial charge in [0.25, 0.3) is 0 Å². The summed E-state index contributed by atoms with van der Waals surface area (Å²) in [5.41, 5.74) is 2.49. The second kappa shape index (κ2) is 6.10. The van der Waals surface area contributed by atoms with Crippen molar-refractivity contribution in [1.29, 1.82) is 0 Å². The molecule has 23 heavy (non-hydrogen) atoms. The van der Waals surface area contributed by atoms with Crippen molar-refractivity contribution in [1.82, 2.24) is 19.8 Å². The SMILES string of the molecule is Fc1cccc(CSc2nnc3ccc(-c4cccs4)nn23)c1. The highest BCUT2D eigenvalue weighted by Gasteiger charge is 2.10. The average Bonchev–Trinajstić information content (AvgIpc) is 3.22. The van der Waals surface area contributed by atoms with Gasteiger partial charge in [0.1, 0.15) is 11.5 Å². The maximum atomic E-state index is 13.2. The fraction of sp³-hybridized carbons (Fsp3) is 0.0625. The van der Waals surface area contributed by atoms with Gasteiger partial charge in [-0.25, -0.2) is 4.39 Å². The topological polar surface area (TPSA) is 43.1 Å². The van der Waals surface area contributed by atoms with Crippen molar-refractivity contribution >= 4 is 28.7 Å². The van der Waals surface area contributed by atoms with E-state index in [2.05, 4.69) is 15.3 Å². The lowest BCUT2D eigenvalue weighted by atomic mass is 10.2. The van der Waals surface area contributed by atoms with Crippen molar-refractivity contribution in [2.45, 2.75) is 10.9 Å². The molecule has 0 atom stereocenters. The molecule has 0 aliphatic heterocycles. The number of nitrogens with zero attached hydrogens (tertiary/aromatic N) is 4. The first-order chi connectivity index (χ1) is 11.3. The van der Waals surface area contributed by atoms with E-state index >= 15 is 0 Å². The molecule has 0 bridgehead atoms. The minimum Gasteiger partial charge on any atom is -0.207 e. The molecule has 0 saturated carbocycles. The molecule has 4 aromatic rings. The van der Waals surface area contributed by atoms with Gasteiger partial charge in [0, 0.05) is 5.75 Å². The van der Waals surface area contributed by atoms with E-state index in [0.717, 1.165) is 16.1 Å². The number of fused-ring (bicyclic) bond motifs is 1. The first kappa shape index (κ1) is 14.3. The lowest BCUT2D eigenvalue weighted by Crippen LogP contribution is -1.96. The fourth-order valence-electron chi connectivity index (χ4n) is 2.19. The van der Waals surface area contributed by atoms with Gasteiger partial charge in [-0.2, -0.15) is 9.61 Å². The number of hydrogen-bond donors (Lipinski definition) is 0. The molecule has 3 aromatic heterocycles. The van der Waals surface area contributed by atoms with Gasteiger partial charge in [-0.3, -0.25) is 0 Å². The molecule has 4 nitrogen and oxygen atoms in total. The maximum absolute atomic E-state index is 13.2. The zero-order chi connectivity index (χ0) is 15.6. The van der Waals surface area contributed by atoms with Gasteiger partial charge in [-0.05, 0) is 41.3 Å². The molecule has 0 fully saturated rings. The second-order valence-corrected chi connectivity index (χ2v) is 6.76. The van der Waals surface area contributed by atoms with E-state index in [1.807, 2.05) is 35.7 Å². The first-order valence-corrected chi connectivity index (χ1v) is 8.80. The van der Waals surface area contributed by atoms with E-state index in [9.17, 15) is 4.39 Å². The highest BCUT2D eigenvalue weighted by atomic mass is 32.2. The molecule has 0 aliphatic carbocycles. The molecule has 7 heteroatoms. The summed E-state index contributed by atoms with van der Waals surface area (Å²) in [7, 11) is 0. The number of thiophene rings is 1. The van der Waals surface area contributed by atoms with E-state index in [4.69, 9.17) is 0 Å². The lowest BCUT2D eigenvalue weighted by molar-refractivity contribution is 0.626. The van der Waals surface area contributed by atoms with E-state index in [1.165, 1.54) is 23.9 Å². The highest BCUT2D eigenvalue weighted by Crippen LogP contribution is 2.25. The smallest absolute Gasteiger partial charge is 0.207 e. The summed E-state index contributed by atoms with van der Waals surface area (Å²) in [6.45, 7) is 0. The molecule has 1 aromatic carbocycles. The summed E-state index contributed by atoms with van der Waals surface area (Å²) in [6, 6.07) is 14.4. The molecule has 0 saturated heterocycles. The number of thioether (sulfide) groups is 1. The molecule has 114 valence electrons. The van der Waals surface area contributed by atoms with Gasteiger partial charge in [-0.1, -0.05) is 30.0 Å². The molecule has 0 N–H and O–H groups in total. The van der Waals surface area contributed by atoms with Crippen LogP contribution in [0.1, 0.15) is 5.56 Å². The molecule has 3 heterocycles. The van der Waals surface area contributed by atoms with Crippen molar-refractivity contribution in [3.63, 3.8) is 0 Å². The van der Waals surface area contributed by atoms with E-state index in [-0.39, 0.29) is 5.82 Å². The summed E-state index contributed by atoms with van der Waals surface area (Å²) in [6.07, 6.45) is 0. The van der Waals surface area contributed by atoms with Crippen LogP contribution in [0.15, 0.2) is 59.1 Å². The number of hydrogen-bond acceptors (Lipinski definition) is 5. The monoisotopic (exact) mass is 342 g/mol. The minimum absolute atomic E-state index is 0.229. The normalized spacial score (nSPS) is 11.2. The van der Waals surface area contributed by atoms with Crippen LogP contribution in [0.25, 0.3) is 16.2 Å². The third-order valence-corrected chi connectivity index (χ3v) is 5.15. The van der Waals surface area contributed by atoms with Crippen molar-refractivity contribution in [2.75, 3.05) is 0 Å². The number of halogens is 1. The minimum atomic E-state index is -0.229. The van der Waals surface area contributed by atoms with Crippen LogP contribution in [0.4, 0.5) is 4.39 Å². The van der Waals surface area contributed by atoms with Gasteiger partial charge in [0.15, 0.2) is 5.65 Å². The maximum Gasteiger partial charge on any atom is 0.212 e. The Morgan fingerprint density at radius 1 is 1.09 bits per heavy atom. The van der Waals surface area contributed by atoms with E-state index in [0.29, 0.717) is 16.6 Å². The zero-order valence-electron chi connectivity index (χ0n) is 11.9. The Morgan fingerprint density at radius 3 is 2.87 bits per heavy atom. The Morgan fingerprint density at radius 2 is 2.04 bits per heavy atom. The van der Waals surface area contributed by atoms with Gasteiger partial charge < -0.3 is 0 Å². The Bertz CT molecular complexity index is 950. The third kappa shape index (κ3) is 2.97. The van der Waals surface area contributed by atoms with Crippen LogP contribution in [-0.4, -0.2) is 19.8 Å². The Kier molecular flexibility index (Phi) is 3.80. The predicted molar refractivity (Wildman–Crippen MR) is 90.1 cm³/mol. The summed E-state index contributed by atoms with van der Waals surface area (Å²) in [5.74, 6) is 0.385. The third-order valence-electron chi connectivity index (χ3n) is 3.26. The van der Waals surface area contributed by atoms with Crippen LogP contribution in [0.3, 0.4) is 0 Å². The molecular formula is C16H11FN4S2. The van der Waals surface area contributed by atoms with Gasteiger partial charge in [0.2, 0.25) is 5.16 Å². The molecular weight excluding hydrogens is 331 g/mol. The molecule has 0 amide bonds. The number of rotatable bonds is 4. The summed E-state index contributed by atoms with van der Waals surface area (Å²) < 4.78 is 15.0. The summed E-state index contributed by atoms with van der Waals surface area (Å²) in [5, 5.41) is 15.6. The Balaban J connectivity index is 1.63. The molecule has 0 spiro atoms. The summed E-state index contributed by atoms with van der Waals surface area (Å²) >= 11 is 3.13.